The van der Waals surface area contributed by atoms with Crippen LogP contribution in [0, 0.1) is 0 Å². The maximum atomic E-state index is 13.1. The third-order valence-electron chi connectivity index (χ3n) is 3.81. The van der Waals surface area contributed by atoms with Gasteiger partial charge in [0.15, 0.2) is 0 Å². The number of hydrogen-bond donors (Lipinski definition) is 1. The van der Waals surface area contributed by atoms with Crippen molar-refractivity contribution in [1.29, 1.82) is 0 Å². The molecule has 0 amide bonds. The molecule has 2 atom stereocenters. The highest BCUT2D eigenvalue weighted by Gasteiger charge is 2.36. The Morgan fingerprint density at radius 2 is 2.00 bits per heavy atom. The second-order valence-corrected chi connectivity index (χ2v) is 5.41. The summed E-state index contributed by atoms with van der Waals surface area (Å²) in [7, 11) is 0. The van der Waals surface area contributed by atoms with Crippen LogP contribution in [0.15, 0.2) is 24.3 Å². The molecule has 1 saturated heterocycles. The molecule has 1 aliphatic heterocycles. The average molecular weight is 286 g/mol. The Hall–Kier alpha value is -1.23. The van der Waals surface area contributed by atoms with Crippen molar-refractivity contribution in [3.05, 3.63) is 29.8 Å². The van der Waals surface area contributed by atoms with Crippen LogP contribution >= 0.6 is 0 Å². The summed E-state index contributed by atoms with van der Waals surface area (Å²) in [6.45, 7) is 5.40. The lowest BCUT2D eigenvalue weighted by Crippen LogP contribution is -2.55. The zero-order chi connectivity index (χ0) is 14.8. The molecular weight excluding hydrogens is 265 g/mol. The Morgan fingerprint density at radius 1 is 1.30 bits per heavy atom. The van der Waals surface area contributed by atoms with E-state index in [1.807, 2.05) is 11.8 Å². The smallest absolute Gasteiger partial charge is 0.365 e. The standard InChI is InChI=1S/C15H21F3N2/c1-3-6-12-10-20(11(2)9-19-12)14-8-5-4-7-13(14)15(16,17)18/h4-5,7-8,11-12,19H,3,6,9-10H2,1-2H3. The molecule has 1 aromatic carbocycles. The molecule has 0 radical (unpaired) electrons. The minimum absolute atomic E-state index is 0.0617. The summed E-state index contributed by atoms with van der Waals surface area (Å²) in [4.78, 5) is 1.89. The summed E-state index contributed by atoms with van der Waals surface area (Å²) in [5.74, 6) is 0. The summed E-state index contributed by atoms with van der Waals surface area (Å²) < 4.78 is 39.4. The quantitative estimate of drug-likeness (QED) is 0.912. The van der Waals surface area contributed by atoms with Gasteiger partial charge >= 0.3 is 6.18 Å². The molecule has 1 N–H and O–H groups in total. The number of nitrogens with one attached hydrogen (secondary N) is 1. The van der Waals surface area contributed by atoms with E-state index < -0.39 is 11.7 Å². The highest BCUT2D eigenvalue weighted by molar-refractivity contribution is 5.56. The van der Waals surface area contributed by atoms with E-state index in [0.29, 0.717) is 12.2 Å². The first-order chi connectivity index (χ1) is 9.43. The molecule has 1 heterocycles. The van der Waals surface area contributed by atoms with Gasteiger partial charge in [0.25, 0.3) is 0 Å². The van der Waals surface area contributed by atoms with Crippen molar-refractivity contribution in [2.45, 2.75) is 44.9 Å². The van der Waals surface area contributed by atoms with Crippen molar-refractivity contribution in [3.8, 4) is 0 Å². The average Bonchev–Trinajstić information content (AvgIpc) is 2.40. The molecule has 2 rings (SSSR count). The van der Waals surface area contributed by atoms with E-state index in [4.69, 9.17) is 0 Å². The number of piperazine rings is 1. The Morgan fingerprint density at radius 3 is 2.65 bits per heavy atom. The molecule has 1 aliphatic rings. The summed E-state index contributed by atoms with van der Waals surface area (Å²) in [6, 6.07) is 6.19. The van der Waals surface area contributed by atoms with Gasteiger partial charge in [0.05, 0.1) is 5.56 Å². The van der Waals surface area contributed by atoms with Crippen molar-refractivity contribution in [1.82, 2.24) is 5.32 Å². The monoisotopic (exact) mass is 286 g/mol. The minimum atomic E-state index is -4.30. The summed E-state index contributed by atoms with van der Waals surface area (Å²) in [5, 5.41) is 3.40. The van der Waals surface area contributed by atoms with Gasteiger partial charge in [0.2, 0.25) is 0 Å². The lowest BCUT2D eigenvalue weighted by atomic mass is 10.0. The first-order valence-electron chi connectivity index (χ1n) is 7.09. The topological polar surface area (TPSA) is 15.3 Å². The van der Waals surface area contributed by atoms with Crippen molar-refractivity contribution in [3.63, 3.8) is 0 Å². The lowest BCUT2D eigenvalue weighted by Gasteiger charge is -2.41. The van der Waals surface area contributed by atoms with Crippen molar-refractivity contribution in [2.24, 2.45) is 0 Å². The van der Waals surface area contributed by atoms with E-state index in [0.717, 1.165) is 19.4 Å². The third-order valence-corrected chi connectivity index (χ3v) is 3.81. The highest BCUT2D eigenvalue weighted by Crippen LogP contribution is 2.37. The van der Waals surface area contributed by atoms with Gasteiger partial charge < -0.3 is 10.2 Å². The SMILES string of the molecule is CCCC1CN(c2ccccc2C(F)(F)F)C(C)CN1. The predicted molar refractivity (Wildman–Crippen MR) is 75.0 cm³/mol. The normalized spacial score (nSPS) is 23.9. The number of hydrogen-bond acceptors (Lipinski definition) is 2. The second-order valence-electron chi connectivity index (χ2n) is 5.41. The van der Waals surface area contributed by atoms with E-state index in [1.165, 1.54) is 12.1 Å². The van der Waals surface area contributed by atoms with Crippen molar-refractivity contribution >= 4 is 5.69 Å². The number of nitrogens with zero attached hydrogens (tertiary/aromatic N) is 1. The van der Waals surface area contributed by atoms with Crippen LogP contribution in [0.1, 0.15) is 32.3 Å². The Kier molecular flexibility index (Phi) is 4.58. The molecule has 112 valence electrons. The van der Waals surface area contributed by atoms with Crippen LogP contribution in [0.3, 0.4) is 0 Å². The molecule has 1 aromatic rings. The fourth-order valence-electron chi connectivity index (χ4n) is 2.77. The van der Waals surface area contributed by atoms with E-state index in [1.54, 1.807) is 12.1 Å². The van der Waals surface area contributed by atoms with E-state index in [9.17, 15) is 13.2 Å². The number of rotatable bonds is 3. The van der Waals surface area contributed by atoms with Crippen LogP contribution in [-0.2, 0) is 6.18 Å². The highest BCUT2D eigenvalue weighted by atomic mass is 19.4. The van der Waals surface area contributed by atoms with Crippen molar-refractivity contribution < 1.29 is 13.2 Å². The van der Waals surface area contributed by atoms with Crippen LogP contribution in [0.2, 0.25) is 0 Å². The molecule has 5 heteroatoms. The molecule has 20 heavy (non-hydrogen) atoms. The second kappa shape index (κ2) is 6.04. The van der Waals surface area contributed by atoms with E-state index in [2.05, 4.69) is 12.2 Å². The van der Waals surface area contributed by atoms with Crippen LogP contribution in [0.4, 0.5) is 18.9 Å². The maximum absolute atomic E-state index is 13.1. The molecular formula is C15H21F3N2. The van der Waals surface area contributed by atoms with Gasteiger partial charge in [-0.1, -0.05) is 25.5 Å². The summed E-state index contributed by atoms with van der Waals surface area (Å²) >= 11 is 0. The van der Waals surface area contributed by atoms with E-state index in [-0.39, 0.29) is 12.1 Å². The van der Waals surface area contributed by atoms with Gasteiger partial charge in [-0.2, -0.15) is 13.2 Å². The number of alkyl halides is 3. The number of anilines is 1. The zero-order valence-corrected chi connectivity index (χ0v) is 11.9. The first kappa shape index (κ1) is 15.2. The third kappa shape index (κ3) is 3.26. The minimum Gasteiger partial charge on any atom is -0.365 e. The van der Waals surface area contributed by atoms with Gasteiger partial charge in [0.1, 0.15) is 0 Å². The van der Waals surface area contributed by atoms with Crippen molar-refractivity contribution in [2.75, 3.05) is 18.0 Å². The number of halogens is 3. The molecule has 0 saturated carbocycles. The molecule has 0 aromatic heterocycles. The zero-order valence-electron chi connectivity index (χ0n) is 11.9. The van der Waals surface area contributed by atoms with Crippen LogP contribution in [-0.4, -0.2) is 25.2 Å². The Balaban J connectivity index is 2.29. The molecule has 0 aliphatic carbocycles. The molecule has 0 bridgehead atoms. The van der Waals surface area contributed by atoms with Gasteiger partial charge in [-0.25, -0.2) is 0 Å². The molecule has 0 spiro atoms. The fraction of sp³-hybridized carbons (Fsp3) is 0.600. The van der Waals surface area contributed by atoms with Crippen LogP contribution in [0.25, 0.3) is 0 Å². The molecule has 2 nitrogen and oxygen atoms in total. The maximum Gasteiger partial charge on any atom is 0.418 e. The fourth-order valence-corrected chi connectivity index (χ4v) is 2.77. The van der Waals surface area contributed by atoms with Gasteiger partial charge in [0, 0.05) is 30.9 Å². The number of para-hydroxylation sites is 1. The summed E-state index contributed by atoms with van der Waals surface area (Å²) in [5.41, 5.74) is -0.237. The number of benzene rings is 1. The first-order valence-corrected chi connectivity index (χ1v) is 7.09. The Labute approximate surface area is 118 Å². The predicted octanol–water partition coefficient (Wildman–Crippen LogP) is 3.67. The lowest BCUT2D eigenvalue weighted by molar-refractivity contribution is -0.137. The van der Waals surface area contributed by atoms with Gasteiger partial charge in [-0.15, -0.1) is 0 Å². The largest absolute Gasteiger partial charge is 0.418 e. The summed E-state index contributed by atoms with van der Waals surface area (Å²) in [6.07, 6.45) is -2.29. The molecule has 2 unspecified atom stereocenters. The Bertz CT molecular complexity index is 445. The van der Waals surface area contributed by atoms with Gasteiger partial charge in [-0.05, 0) is 25.5 Å². The van der Waals surface area contributed by atoms with E-state index >= 15 is 0 Å². The molecule has 1 fully saturated rings. The van der Waals surface area contributed by atoms with Crippen LogP contribution < -0.4 is 10.2 Å². The van der Waals surface area contributed by atoms with Crippen LogP contribution in [0.5, 0.6) is 0 Å². The van der Waals surface area contributed by atoms with Gasteiger partial charge in [-0.3, -0.25) is 0 Å².